The zero-order valence-electron chi connectivity index (χ0n) is 19.5. The predicted octanol–water partition coefficient (Wildman–Crippen LogP) is 1.56. The van der Waals surface area contributed by atoms with Gasteiger partial charge in [0.1, 0.15) is 17.2 Å². The molecule has 1 spiro atoms. The van der Waals surface area contributed by atoms with E-state index < -0.39 is 51.6 Å². The van der Waals surface area contributed by atoms with Crippen molar-refractivity contribution in [3.8, 4) is 5.75 Å². The van der Waals surface area contributed by atoms with E-state index in [-0.39, 0.29) is 49.1 Å². The van der Waals surface area contributed by atoms with Crippen molar-refractivity contribution in [1.82, 2.24) is 14.4 Å². The van der Waals surface area contributed by atoms with Gasteiger partial charge in [-0.05, 0) is 32.8 Å². The standard InChI is InChI=1S/C24H26F2N4O5/c1-12(2)29-11-24(30-10-16(21(27)33)19(31)20(32)18(30)23(29)35)7-14(8-24)22(34)28(3)9-13-4-5-15(25)6-17(13)26/h4-6,10,12,14,32H,7-9,11H2,1-3H3,(H2,27,33). The molecule has 0 unspecified atom stereocenters. The molecule has 0 saturated heterocycles. The number of nitrogens with two attached hydrogens (primary N) is 1. The zero-order chi connectivity index (χ0) is 25.8. The Morgan fingerprint density at radius 1 is 1.26 bits per heavy atom. The summed E-state index contributed by atoms with van der Waals surface area (Å²) in [7, 11) is 1.52. The number of halogens is 2. The molecular weight excluding hydrogens is 462 g/mol. The fourth-order valence-corrected chi connectivity index (χ4v) is 5.03. The highest BCUT2D eigenvalue weighted by Gasteiger charge is 2.55. The molecule has 0 atom stereocenters. The number of primary amides is 1. The molecule has 0 bridgehead atoms. The molecule has 3 amide bonds. The quantitative estimate of drug-likeness (QED) is 0.661. The lowest BCUT2D eigenvalue weighted by atomic mass is 9.65. The Bertz CT molecular complexity index is 1300. The van der Waals surface area contributed by atoms with Crippen molar-refractivity contribution in [3.63, 3.8) is 0 Å². The van der Waals surface area contributed by atoms with Crippen LogP contribution in [-0.4, -0.2) is 56.8 Å². The van der Waals surface area contributed by atoms with Crippen LogP contribution in [0.4, 0.5) is 8.78 Å². The number of nitrogens with zero attached hydrogens (tertiary/aromatic N) is 3. The maximum atomic E-state index is 14.0. The number of carbonyl (C=O) groups is 3. The normalized spacial score (nSPS) is 21.1. The van der Waals surface area contributed by atoms with Crippen LogP contribution in [0, 0.1) is 17.6 Å². The van der Waals surface area contributed by atoms with E-state index in [0.717, 1.165) is 12.1 Å². The third-order valence-corrected chi connectivity index (χ3v) is 6.91. The second-order valence-corrected chi connectivity index (χ2v) is 9.59. The monoisotopic (exact) mass is 488 g/mol. The minimum Gasteiger partial charge on any atom is -0.503 e. The molecule has 1 aliphatic heterocycles. The van der Waals surface area contributed by atoms with Crippen LogP contribution in [0.25, 0.3) is 0 Å². The fourth-order valence-electron chi connectivity index (χ4n) is 5.03. The van der Waals surface area contributed by atoms with Crippen molar-refractivity contribution in [2.24, 2.45) is 11.7 Å². The lowest BCUT2D eigenvalue weighted by Gasteiger charge is -2.55. The molecule has 1 saturated carbocycles. The molecular formula is C24H26F2N4O5. The van der Waals surface area contributed by atoms with E-state index in [1.54, 1.807) is 13.8 Å². The van der Waals surface area contributed by atoms with E-state index in [9.17, 15) is 33.1 Å². The first-order valence-corrected chi connectivity index (χ1v) is 11.1. The molecule has 1 aromatic carbocycles. The second kappa shape index (κ2) is 8.47. The number of pyridine rings is 1. The van der Waals surface area contributed by atoms with Gasteiger partial charge in [-0.25, -0.2) is 8.78 Å². The predicted molar refractivity (Wildman–Crippen MR) is 121 cm³/mol. The van der Waals surface area contributed by atoms with E-state index in [0.29, 0.717) is 0 Å². The molecule has 2 aromatic rings. The van der Waals surface area contributed by atoms with Crippen molar-refractivity contribution < 1.29 is 28.3 Å². The van der Waals surface area contributed by atoms with Crippen molar-refractivity contribution in [2.75, 3.05) is 13.6 Å². The van der Waals surface area contributed by atoms with E-state index in [1.807, 2.05) is 0 Å². The summed E-state index contributed by atoms with van der Waals surface area (Å²) in [6.07, 6.45) is 1.70. The SMILES string of the molecule is CC(C)N1CC2(CC(C(=O)N(C)Cc3ccc(F)cc3F)C2)n2cc(C(N)=O)c(=O)c(O)c2C1=O. The van der Waals surface area contributed by atoms with Gasteiger partial charge in [-0.1, -0.05) is 6.07 Å². The molecule has 0 radical (unpaired) electrons. The fraction of sp³-hybridized carbons (Fsp3) is 0.417. The summed E-state index contributed by atoms with van der Waals surface area (Å²) in [4.78, 5) is 53.3. The topological polar surface area (TPSA) is 126 Å². The van der Waals surface area contributed by atoms with Gasteiger partial charge in [0, 0.05) is 49.9 Å². The number of aromatic nitrogens is 1. The van der Waals surface area contributed by atoms with Gasteiger partial charge in [-0.2, -0.15) is 0 Å². The van der Waals surface area contributed by atoms with Crippen LogP contribution in [0.15, 0.2) is 29.2 Å². The number of benzene rings is 1. The van der Waals surface area contributed by atoms with Crippen LogP contribution in [0.1, 0.15) is 53.1 Å². The molecule has 2 heterocycles. The van der Waals surface area contributed by atoms with Gasteiger partial charge in [-0.3, -0.25) is 19.2 Å². The molecule has 1 fully saturated rings. The second-order valence-electron chi connectivity index (χ2n) is 9.59. The maximum absolute atomic E-state index is 14.0. The van der Waals surface area contributed by atoms with Gasteiger partial charge < -0.3 is 25.2 Å². The Balaban J connectivity index is 1.64. The van der Waals surface area contributed by atoms with Crippen LogP contribution in [0.3, 0.4) is 0 Å². The van der Waals surface area contributed by atoms with Crippen molar-refractivity contribution >= 4 is 17.7 Å². The minimum atomic E-state index is -1.04. The van der Waals surface area contributed by atoms with Gasteiger partial charge in [0.2, 0.25) is 11.3 Å². The zero-order valence-corrected chi connectivity index (χ0v) is 19.5. The van der Waals surface area contributed by atoms with E-state index in [2.05, 4.69) is 0 Å². The summed E-state index contributed by atoms with van der Waals surface area (Å²) >= 11 is 0. The minimum absolute atomic E-state index is 0.0546. The Morgan fingerprint density at radius 3 is 2.49 bits per heavy atom. The lowest BCUT2D eigenvalue weighted by molar-refractivity contribution is -0.143. The number of rotatable bonds is 5. The first-order valence-electron chi connectivity index (χ1n) is 11.1. The average Bonchev–Trinajstić information content (AvgIpc) is 2.75. The van der Waals surface area contributed by atoms with Crippen LogP contribution in [-0.2, 0) is 16.9 Å². The summed E-state index contributed by atoms with van der Waals surface area (Å²) in [5.74, 6) is -4.67. The third kappa shape index (κ3) is 3.94. The molecule has 1 aliphatic carbocycles. The number of hydrogen-bond acceptors (Lipinski definition) is 5. The summed E-state index contributed by atoms with van der Waals surface area (Å²) in [6, 6.07) is 2.91. The van der Waals surface area contributed by atoms with Gasteiger partial charge in [-0.15, -0.1) is 0 Å². The maximum Gasteiger partial charge on any atom is 0.274 e. The van der Waals surface area contributed by atoms with Gasteiger partial charge in [0.05, 0.1) is 5.54 Å². The van der Waals surface area contributed by atoms with Crippen molar-refractivity contribution in [2.45, 2.75) is 44.8 Å². The van der Waals surface area contributed by atoms with Gasteiger partial charge in [0.25, 0.3) is 11.8 Å². The molecule has 3 N–H and O–H groups in total. The molecule has 186 valence electrons. The Morgan fingerprint density at radius 2 is 1.91 bits per heavy atom. The van der Waals surface area contributed by atoms with Crippen LogP contribution < -0.4 is 11.2 Å². The molecule has 1 aromatic heterocycles. The first-order chi connectivity index (χ1) is 16.4. The average molecular weight is 488 g/mol. The largest absolute Gasteiger partial charge is 0.503 e. The number of carbonyl (C=O) groups excluding carboxylic acids is 3. The number of amides is 3. The smallest absolute Gasteiger partial charge is 0.274 e. The summed E-state index contributed by atoms with van der Waals surface area (Å²) < 4.78 is 28.6. The number of hydrogen-bond donors (Lipinski definition) is 2. The Labute approximate surface area is 199 Å². The van der Waals surface area contributed by atoms with E-state index >= 15 is 0 Å². The summed E-state index contributed by atoms with van der Waals surface area (Å²) in [5.41, 5.74) is 2.93. The molecule has 2 aliphatic rings. The number of fused-ring (bicyclic) bond motifs is 2. The number of aromatic hydroxyl groups is 1. The molecule has 4 rings (SSSR count). The van der Waals surface area contributed by atoms with Gasteiger partial charge in [0.15, 0.2) is 11.4 Å². The third-order valence-electron chi connectivity index (χ3n) is 6.91. The van der Waals surface area contributed by atoms with Crippen molar-refractivity contribution in [3.05, 3.63) is 63.1 Å². The van der Waals surface area contributed by atoms with E-state index in [4.69, 9.17) is 5.73 Å². The highest BCUT2D eigenvalue weighted by molar-refractivity contribution is 5.99. The lowest BCUT2D eigenvalue weighted by Crippen LogP contribution is -2.63. The Kier molecular flexibility index (Phi) is 5.90. The molecule has 35 heavy (non-hydrogen) atoms. The molecule has 11 heteroatoms. The van der Waals surface area contributed by atoms with Crippen LogP contribution in [0.5, 0.6) is 5.75 Å². The van der Waals surface area contributed by atoms with Crippen molar-refractivity contribution in [1.29, 1.82) is 0 Å². The van der Waals surface area contributed by atoms with E-state index in [1.165, 1.54) is 33.7 Å². The first kappa shape index (κ1) is 24.4. The molecule has 9 nitrogen and oxygen atoms in total. The van der Waals surface area contributed by atoms with Gasteiger partial charge >= 0.3 is 0 Å². The highest BCUT2D eigenvalue weighted by Crippen LogP contribution is 2.49. The summed E-state index contributed by atoms with van der Waals surface area (Å²) in [5, 5.41) is 10.5. The highest BCUT2D eigenvalue weighted by atomic mass is 19.1. The Hall–Kier alpha value is -3.76. The van der Waals surface area contributed by atoms with Crippen LogP contribution in [0.2, 0.25) is 0 Å². The van der Waals surface area contributed by atoms with Crippen LogP contribution >= 0.6 is 0 Å². The summed E-state index contributed by atoms with van der Waals surface area (Å²) in [6.45, 7) is 3.74.